The molecule has 2 atom stereocenters. The zero-order valence-electron chi connectivity index (χ0n) is 11.4. The second-order valence-electron chi connectivity index (χ2n) is 6.49. The number of carbonyl (C=O) groups is 1. The number of fused-ring (bicyclic) bond motifs is 2. The molecule has 2 saturated carbocycles. The van der Waals surface area contributed by atoms with Gasteiger partial charge in [0.2, 0.25) is 0 Å². The summed E-state index contributed by atoms with van der Waals surface area (Å²) in [5, 5.41) is 2.98. The summed E-state index contributed by atoms with van der Waals surface area (Å²) in [4.78, 5) is 11.7. The van der Waals surface area contributed by atoms with Gasteiger partial charge in [0.1, 0.15) is 5.60 Å². The maximum Gasteiger partial charge on any atom is 0.407 e. The summed E-state index contributed by atoms with van der Waals surface area (Å²) in [5.74, 6) is 1.18. The first-order valence-electron chi connectivity index (χ1n) is 6.60. The number of nitrogens with two attached hydrogens (primary N) is 1. The van der Waals surface area contributed by atoms with E-state index in [1.54, 1.807) is 0 Å². The maximum atomic E-state index is 11.7. The molecule has 0 radical (unpaired) electrons. The van der Waals surface area contributed by atoms with Gasteiger partial charge in [0.05, 0.1) is 0 Å². The number of rotatable bonds is 1. The topological polar surface area (TPSA) is 64.3 Å². The quantitative estimate of drug-likeness (QED) is 0.773. The zero-order valence-corrected chi connectivity index (χ0v) is 12.3. The van der Waals surface area contributed by atoms with Crippen LogP contribution in [0.25, 0.3) is 0 Å². The first kappa shape index (κ1) is 15.6. The van der Waals surface area contributed by atoms with Gasteiger partial charge >= 0.3 is 6.09 Å². The molecule has 2 bridgehead atoms. The average molecular weight is 277 g/mol. The van der Waals surface area contributed by atoms with Gasteiger partial charge < -0.3 is 15.8 Å². The fourth-order valence-electron chi connectivity index (χ4n) is 3.17. The van der Waals surface area contributed by atoms with E-state index in [0.29, 0.717) is 17.9 Å². The van der Waals surface area contributed by atoms with Gasteiger partial charge in [-0.3, -0.25) is 0 Å². The van der Waals surface area contributed by atoms with Crippen LogP contribution in [-0.2, 0) is 4.74 Å². The van der Waals surface area contributed by atoms with Gasteiger partial charge in [-0.05, 0) is 58.3 Å². The minimum absolute atomic E-state index is 0. The molecule has 0 spiro atoms. The molecule has 2 rings (SSSR count). The molecule has 5 heteroatoms. The van der Waals surface area contributed by atoms with Crippen LogP contribution in [0.4, 0.5) is 4.79 Å². The van der Waals surface area contributed by atoms with Crippen molar-refractivity contribution in [2.45, 2.75) is 64.1 Å². The molecule has 2 unspecified atom stereocenters. The van der Waals surface area contributed by atoms with Crippen LogP contribution in [0.5, 0.6) is 0 Å². The van der Waals surface area contributed by atoms with E-state index in [9.17, 15) is 4.79 Å². The lowest BCUT2D eigenvalue weighted by molar-refractivity contribution is 0.0478. The van der Waals surface area contributed by atoms with Crippen LogP contribution in [-0.4, -0.2) is 23.8 Å². The molecule has 2 fully saturated rings. The predicted octanol–water partition coefficient (Wildman–Crippen LogP) is 2.45. The van der Waals surface area contributed by atoms with Crippen LogP contribution < -0.4 is 11.1 Å². The van der Waals surface area contributed by atoms with Crippen molar-refractivity contribution in [2.24, 2.45) is 17.6 Å². The molecule has 3 N–H and O–H groups in total. The van der Waals surface area contributed by atoms with Crippen molar-refractivity contribution < 1.29 is 9.53 Å². The number of hydrogen-bond acceptors (Lipinski definition) is 3. The molecule has 0 saturated heterocycles. The van der Waals surface area contributed by atoms with Gasteiger partial charge in [-0.1, -0.05) is 0 Å². The Bertz CT molecular complexity index is 290. The summed E-state index contributed by atoms with van der Waals surface area (Å²) in [7, 11) is 0. The van der Waals surface area contributed by atoms with E-state index in [4.69, 9.17) is 10.5 Å². The fraction of sp³-hybridized carbons (Fsp3) is 0.923. The summed E-state index contributed by atoms with van der Waals surface area (Å²) < 4.78 is 5.28. The third-order valence-electron chi connectivity index (χ3n) is 3.89. The van der Waals surface area contributed by atoms with E-state index in [2.05, 4.69) is 5.32 Å². The van der Waals surface area contributed by atoms with E-state index in [-0.39, 0.29) is 24.5 Å². The van der Waals surface area contributed by atoms with Crippen LogP contribution in [0.1, 0.15) is 46.5 Å². The number of halogens is 1. The molecule has 0 aromatic heterocycles. The summed E-state index contributed by atoms with van der Waals surface area (Å²) in [5.41, 5.74) is 5.71. The molecule has 0 aromatic carbocycles. The summed E-state index contributed by atoms with van der Waals surface area (Å²) in [6.07, 6.45) is 4.17. The van der Waals surface area contributed by atoms with E-state index in [1.165, 1.54) is 12.8 Å². The zero-order chi connectivity index (χ0) is 12.6. The molecule has 2 aliphatic rings. The first-order valence-corrected chi connectivity index (χ1v) is 6.60. The van der Waals surface area contributed by atoms with Gasteiger partial charge in [0, 0.05) is 12.1 Å². The molecule has 0 aliphatic heterocycles. The van der Waals surface area contributed by atoms with Gasteiger partial charge in [-0.25, -0.2) is 4.79 Å². The second-order valence-corrected chi connectivity index (χ2v) is 6.49. The Balaban J connectivity index is 0.00000162. The lowest BCUT2D eigenvalue weighted by Crippen LogP contribution is -2.47. The van der Waals surface area contributed by atoms with Crippen LogP contribution in [0.15, 0.2) is 0 Å². The first-order chi connectivity index (χ1) is 7.85. The maximum absolute atomic E-state index is 11.7. The van der Waals surface area contributed by atoms with Crippen molar-refractivity contribution >= 4 is 18.5 Å². The molecule has 18 heavy (non-hydrogen) atoms. The van der Waals surface area contributed by atoms with Crippen LogP contribution in [0.2, 0.25) is 0 Å². The fourth-order valence-corrected chi connectivity index (χ4v) is 3.17. The Hall–Kier alpha value is -0.480. The molecule has 1 amide bonds. The van der Waals surface area contributed by atoms with Gasteiger partial charge in [0.15, 0.2) is 0 Å². The Morgan fingerprint density at radius 3 is 2.17 bits per heavy atom. The highest BCUT2D eigenvalue weighted by atomic mass is 35.5. The highest BCUT2D eigenvalue weighted by Crippen LogP contribution is 2.41. The predicted molar refractivity (Wildman–Crippen MR) is 73.8 cm³/mol. The third kappa shape index (κ3) is 3.75. The highest BCUT2D eigenvalue weighted by Gasteiger charge is 2.41. The van der Waals surface area contributed by atoms with Crippen molar-refractivity contribution in [1.82, 2.24) is 5.32 Å². The monoisotopic (exact) mass is 276 g/mol. The van der Waals surface area contributed by atoms with Gasteiger partial charge in [-0.2, -0.15) is 0 Å². The molecular weight excluding hydrogens is 252 g/mol. The van der Waals surface area contributed by atoms with Gasteiger partial charge in [-0.15, -0.1) is 12.4 Å². The normalized spacial score (nSPS) is 34.7. The molecule has 106 valence electrons. The average Bonchev–Trinajstić information content (AvgIpc) is 2.42. The van der Waals surface area contributed by atoms with Crippen molar-refractivity contribution in [3.05, 3.63) is 0 Å². The Kier molecular flexibility index (Phi) is 4.90. The summed E-state index contributed by atoms with van der Waals surface area (Å²) in [6, 6.07) is 0.605. The summed E-state index contributed by atoms with van der Waals surface area (Å²) >= 11 is 0. The Morgan fingerprint density at radius 1 is 1.22 bits per heavy atom. The van der Waals surface area contributed by atoms with E-state index in [1.807, 2.05) is 20.8 Å². The minimum atomic E-state index is -0.422. The number of amides is 1. The SMILES string of the molecule is CC(C)(C)OC(=O)NC1CC2CCC(C1)C2N.Cl. The molecule has 0 aromatic rings. The minimum Gasteiger partial charge on any atom is -0.444 e. The smallest absolute Gasteiger partial charge is 0.407 e. The van der Waals surface area contributed by atoms with Crippen LogP contribution in [0, 0.1) is 11.8 Å². The second kappa shape index (κ2) is 5.66. The molecular formula is C13H25ClN2O2. The van der Waals surface area contributed by atoms with E-state index < -0.39 is 5.60 Å². The number of carbonyl (C=O) groups excluding carboxylic acids is 1. The number of alkyl carbamates (subject to hydrolysis) is 1. The van der Waals surface area contributed by atoms with Crippen LogP contribution in [0.3, 0.4) is 0 Å². The lowest BCUT2D eigenvalue weighted by Gasteiger charge is -2.33. The number of nitrogens with one attached hydrogen (secondary N) is 1. The Labute approximate surface area is 115 Å². The van der Waals surface area contributed by atoms with Crippen molar-refractivity contribution in [3.63, 3.8) is 0 Å². The van der Waals surface area contributed by atoms with Crippen molar-refractivity contribution in [2.75, 3.05) is 0 Å². The van der Waals surface area contributed by atoms with Gasteiger partial charge in [0.25, 0.3) is 0 Å². The Morgan fingerprint density at radius 2 is 1.72 bits per heavy atom. The van der Waals surface area contributed by atoms with E-state index >= 15 is 0 Å². The molecule has 2 aliphatic carbocycles. The van der Waals surface area contributed by atoms with Crippen LogP contribution >= 0.6 is 12.4 Å². The largest absolute Gasteiger partial charge is 0.444 e. The number of ether oxygens (including phenoxy) is 1. The third-order valence-corrected chi connectivity index (χ3v) is 3.89. The molecule has 0 heterocycles. The van der Waals surface area contributed by atoms with Crippen molar-refractivity contribution in [3.8, 4) is 0 Å². The molecule has 4 nitrogen and oxygen atoms in total. The van der Waals surface area contributed by atoms with E-state index in [0.717, 1.165) is 12.8 Å². The lowest BCUT2D eigenvalue weighted by atomic mass is 9.82. The highest BCUT2D eigenvalue weighted by molar-refractivity contribution is 5.85. The summed E-state index contributed by atoms with van der Waals surface area (Å²) in [6.45, 7) is 5.65. The van der Waals surface area contributed by atoms with Crippen molar-refractivity contribution in [1.29, 1.82) is 0 Å². The standard InChI is InChI=1S/C13H24N2O2.ClH/c1-13(2,3)17-12(16)15-10-6-8-4-5-9(7-10)11(8)14;/h8-11H,4-7,14H2,1-3H3,(H,15,16);1H. The number of hydrogen-bond donors (Lipinski definition) is 2.